The highest BCUT2D eigenvalue weighted by Crippen LogP contribution is 2.11. The number of carbonyl (C=O) groups is 1. The Morgan fingerprint density at radius 3 is 1.00 bits per heavy atom. The minimum Gasteiger partial charge on any atom is -0.450 e. The molecule has 0 aliphatic heterocycles. The van der Waals surface area contributed by atoms with Crippen LogP contribution in [0.15, 0.2) is 0 Å². The van der Waals surface area contributed by atoms with Gasteiger partial charge in [-0.25, -0.2) is 4.79 Å². The van der Waals surface area contributed by atoms with Crippen LogP contribution in [0.25, 0.3) is 0 Å². The number of carboxylic acid groups (broad SMARTS) is 2. The van der Waals surface area contributed by atoms with E-state index in [2.05, 4.69) is 0 Å². The van der Waals surface area contributed by atoms with E-state index in [1.807, 2.05) is 0 Å². The van der Waals surface area contributed by atoms with Crippen molar-refractivity contribution in [3.63, 3.8) is 0 Å². The molecule has 0 spiro atoms. The van der Waals surface area contributed by atoms with E-state index in [1.54, 1.807) is 0 Å². The first-order chi connectivity index (χ1) is 5.97. The Hall–Kier alpha value is -0.890. The zero-order valence-electron chi connectivity index (χ0n) is 6.92. The lowest BCUT2D eigenvalue weighted by Crippen LogP contribution is -2.37. The van der Waals surface area contributed by atoms with Gasteiger partial charge in [0, 0.05) is 0 Å². The van der Waals surface area contributed by atoms with Crippen LogP contribution in [0.2, 0.25) is 0 Å². The lowest BCUT2D eigenvalue weighted by Gasteiger charge is -2.23. The number of aliphatic hydroxyl groups excluding tert-OH is 4. The Kier molecular flexibility index (Phi) is 8.71. The van der Waals surface area contributed by atoms with E-state index in [1.165, 1.54) is 0 Å². The van der Waals surface area contributed by atoms with Crippen molar-refractivity contribution in [3.8, 4) is 0 Å². The standard InChI is InChI=1S/C5H12O4.CH2O3/c6-1-5(2-7,3-8)4-9;2-1(3)4/h6-9H,1-4H2;(H2,2,3,4). The molecule has 7 heteroatoms. The molecule has 0 fully saturated rings. The van der Waals surface area contributed by atoms with Gasteiger partial charge in [-0.05, 0) is 0 Å². The molecule has 0 aliphatic rings. The smallest absolute Gasteiger partial charge is 0.450 e. The van der Waals surface area contributed by atoms with E-state index in [9.17, 15) is 0 Å². The fourth-order valence-corrected chi connectivity index (χ4v) is 0.300. The molecule has 0 bridgehead atoms. The number of hydrogen-bond donors (Lipinski definition) is 6. The zero-order chi connectivity index (χ0) is 10.9. The van der Waals surface area contributed by atoms with Crippen LogP contribution in [-0.4, -0.2) is 63.2 Å². The van der Waals surface area contributed by atoms with Crippen molar-refractivity contribution in [1.82, 2.24) is 0 Å². The van der Waals surface area contributed by atoms with Crippen molar-refractivity contribution >= 4 is 6.16 Å². The third kappa shape index (κ3) is 7.47. The van der Waals surface area contributed by atoms with E-state index in [4.69, 9.17) is 35.4 Å². The summed E-state index contributed by atoms with van der Waals surface area (Å²) < 4.78 is 0. The fourth-order valence-electron chi connectivity index (χ4n) is 0.300. The number of aliphatic hydroxyl groups is 4. The molecule has 0 amide bonds. The van der Waals surface area contributed by atoms with Gasteiger partial charge in [-0.15, -0.1) is 0 Å². The summed E-state index contributed by atoms with van der Waals surface area (Å²) in [5.74, 6) is 0. The molecular weight excluding hydrogens is 184 g/mol. The summed E-state index contributed by atoms with van der Waals surface area (Å²) in [7, 11) is 0. The maximum absolute atomic E-state index is 8.56. The summed E-state index contributed by atoms with van der Waals surface area (Å²) in [6.45, 7) is -1.62. The van der Waals surface area contributed by atoms with Gasteiger partial charge in [-0.3, -0.25) is 0 Å². The molecule has 0 saturated heterocycles. The predicted octanol–water partition coefficient (Wildman–Crippen LogP) is -1.84. The van der Waals surface area contributed by atoms with Crippen LogP contribution in [0, 0.1) is 5.41 Å². The molecule has 0 saturated carbocycles. The number of hydrogen-bond acceptors (Lipinski definition) is 5. The maximum atomic E-state index is 8.56. The van der Waals surface area contributed by atoms with Crippen molar-refractivity contribution in [2.45, 2.75) is 0 Å². The quantitative estimate of drug-likeness (QED) is 0.312. The Morgan fingerprint density at radius 1 is 0.846 bits per heavy atom. The lowest BCUT2D eigenvalue weighted by atomic mass is 9.93. The van der Waals surface area contributed by atoms with Gasteiger partial charge in [0.25, 0.3) is 0 Å². The van der Waals surface area contributed by atoms with Crippen LogP contribution in [-0.2, 0) is 0 Å². The summed E-state index contributed by atoms with van der Waals surface area (Å²) in [5, 5.41) is 47.9. The molecule has 7 nitrogen and oxygen atoms in total. The van der Waals surface area contributed by atoms with Crippen LogP contribution in [0.4, 0.5) is 4.79 Å². The molecule has 0 heterocycles. The molecule has 0 unspecified atom stereocenters. The highest BCUT2D eigenvalue weighted by atomic mass is 16.6. The number of rotatable bonds is 4. The van der Waals surface area contributed by atoms with Crippen LogP contribution in [0.5, 0.6) is 0 Å². The minimum absolute atomic E-state index is 0.406. The monoisotopic (exact) mass is 198 g/mol. The second-order valence-corrected chi connectivity index (χ2v) is 2.42. The Bertz CT molecular complexity index is 109. The Balaban J connectivity index is 0. The van der Waals surface area contributed by atoms with Gasteiger partial charge in [0.05, 0.1) is 31.8 Å². The van der Waals surface area contributed by atoms with Crippen molar-refractivity contribution in [2.24, 2.45) is 5.41 Å². The molecule has 0 aromatic heterocycles. The molecule has 0 aromatic carbocycles. The highest BCUT2D eigenvalue weighted by molar-refractivity contribution is 5.53. The molecule has 0 radical (unpaired) electrons. The summed E-state index contributed by atoms with van der Waals surface area (Å²) in [4.78, 5) is 8.56. The molecule has 0 rings (SSSR count). The first-order valence-electron chi connectivity index (χ1n) is 3.33. The first kappa shape index (κ1) is 14.6. The predicted molar refractivity (Wildman–Crippen MR) is 41.4 cm³/mol. The van der Waals surface area contributed by atoms with E-state index in [-0.39, 0.29) is 0 Å². The maximum Gasteiger partial charge on any atom is 0.503 e. The van der Waals surface area contributed by atoms with Crippen molar-refractivity contribution in [1.29, 1.82) is 0 Å². The Labute approximate surface area is 74.5 Å². The average molecular weight is 198 g/mol. The molecular formula is C6H14O7. The normalized spacial score (nSPS) is 10.2. The highest BCUT2D eigenvalue weighted by Gasteiger charge is 2.26. The molecule has 0 atom stereocenters. The third-order valence-corrected chi connectivity index (χ3v) is 1.34. The van der Waals surface area contributed by atoms with Gasteiger partial charge in [0.2, 0.25) is 0 Å². The largest absolute Gasteiger partial charge is 0.503 e. The summed E-state index contributed by atoms with van der Waals surface area (Å²) in [6, 6.07) is 0. The van der Waals surface area contributed by atoms with Gasteiger partial charge >= 0.3 is 6.16 Å². The van der Waals surface area contributed by atoms with Crippen LogP contribution in [0.3, 0.4) is 0 Å². The van der Waals surface area contributed by atoms with Crippen molar-refractivity contribution in [3.05, 3.63) is 0 Å². The second-order valence-electron chi connectivity index (χ2n) is 2.42. The topological polar surface area (TPSA) is 138 Å². The van der Waals surface area contributed by atoms with Crippen LogP contribution in [0.1, 0.15) is 0 Å². The zero-order valence-corrected chi connectivity index (χ0v) is 6.92. The molecule has 0 aromatic rings. The van der Waals surface area contributed by atoms with Gasteiger partial charge in [-0.1, -0.05) is 0 Å². The van der Waals surface area contributed by atoms with Crippen molar-refractivity contribution in [2.75, 3.05) is 26.4 Å². The van der Waals surface area contributed by atoms with Crippen LogP contribution >= 0.6 is 0 Å². The van der Waals surface area contributed by atoms with E-state index in [0.717, 1.165) is 0 Å². The first-order valence-corrected chi connectivity index (χ1v) is 3.33. The molecule has 80 valence electrons. The van der Waals surface area contributed by atoms with Gasteiger partial charge in [-0.2, -0.15) is 0 Å². The molecule has 0 aliphatic carbocycles. The SMILES string of the molecule is O=C(O)O.OCC(CO)(CO)CO. The second kappa shape index (κ2) is 7.74. The lowest BCUT2D eigenvalue weighted by molar-refractivity contribution is -0.0328. The van der Waals surface area contributed by atoms with Gasteiger partial charge in [0.1, 0.15) is 0 Å². The van der Waals surface area contributed by atoms with E-state index < -0.39 is 38.0 Å². The minimum atomic E-state index is -1.83. The summed E-state index contributed by atoms with van der Waals surface area (Å²) in [6.07, 6.45) is -1.83. The average Bonchev–Trinajstić information content (AvgIpc) is 2.09. The van der Waals surface area contributed by atoms with E-state index in [0.29, 0.717) is 0 Å². The van der Waals surface area contributed by atoms with Crippen molar-refractivity contribution < 1.29 is 35.4 Å². The van der Waals surface area contributed by atoms with E-state index >= 15 is 0 Å². The molecule has 6 N–H and O–H groups in total. The summed E-state index contributed by atoms with van der Waals surface area (Å²) >= 11 is 0. The van der Waals surface area contributed by atoms with Gasteiger partial charge < -0.3 is 30.6 Å². The molecule has 13 heavy (non-hydrogen) atoms. The summed E-state index contributed by atoms with van der Waals surface area (Å²) in [5.41, 5.74) is -1.11. The third-order valence-electron chi connectivity index (χ3n) is 1.34. The Morgan fingerprint density at radius 2 is 1.00 bits per heavy atom. The fraction of sp³-hybridized carbons (Fsp3) is 0.833. The van der Waals surface area contributed by atoms with Crippen LogP contribution < -0.4 is 0 Å². The van der Waals surface area contributed by atoms with Gasteiger partial charge in [0.15, 0.2) is 0 Å².